The van der Waals surface area contributed by atoms with Crippen LogP contribution in [0.1, 0.15) is 25.8 Å². The van der Waals surface area contributed by atoms with Crippen LogP contribution in [0.3, 0.4) is 0 Å². The molecule has 2 rings (SSSR count). The summed E-state index contributed by atoms with van der Waals surface area (Å²) in [5.74, 6) is -0.236. The third-order valence-electron chi connectivity index (χ3n) is 4.77. The quantitative estimate of drug-likeness (QED) is 0.848. The number of ether oxygens (including phenoxy) is 1. The Kier molecular flexibility index (Phi) is 5.34. The third kappa shape index (κ3) is 3.52. The predicted molar refractivity (Wildman–Crippen MR) is 90.5 cm³/mol. The summed E-state index contributed by atoms with van der Waals surface area (Å²) in [6, 6.07) is 5.53. The molecular weight excluding hydrogens is 362 g/mol. The van der Waals surface area contributed by atoms with Gasteiger partial charge in [-0.15, -0.1) is 0 Å². The normalized spacial score (nSPS) is 20.8. The van der Waals surface area contributed by atoms with Crippen LogP contribution in [0.2, 0.25) is 0 Å². The highest BCUT2D eigenvalue weighted by Crippen LogP contribution is 2.38. The van der Waals surface area contributed by atoms with E-state index in [0.717, 1.165) is 10.0 Å². The first kappa shape index (κ1) is 17.8. The summed E-state index contributed by atoms with van der Waals surface area (Å²) in [5, 5.41) is 9.58. The van der Waals surface area contributed by atoms with Gasteiger partial charge in [0.25, 0.3) is 0 Å². The molecule has 0 saturated carbocycles. The van der Waals surface area contributed by atoms with E-state index >= 15 is 0 Å². The molecule has 1 aliphatic rings. The molecule has 1 heterocycles. The molecule has 1 aromatic rings. The second kappa shape index (κ2) is 6.91. The van der Waals surface area contributed by atoms with Crippen LogP contribution in [0.25, 0.3) is 0 Å². The first-order valence-corrected chi connectivity index (χ1v) is 8.43. The molecule has 1 aliphatic heterocycles. The van der Waals surface area contributed by atoms with E-state index in [2.05, 4.69) is 15.9 Å². The van der Waals surface area contributed by atoms with Crippen molar-refractivity contribution >= 4 is 27.8 Å². The topological polar surface area (TPSA) is 66.8 Å². The first-order valence-electron chi connectivity index (χ1n) is 7.63. The minimum Gasteiger partial charge on any atom is -0.496 e. The molecule has 1 fully saturated rings. The molecule has 0 bridgehead atoms. The van der Waals surface area contributed by atoms with Crippen molar-refractivity contribution in [2.75, 3.05) is 20.2 Å². The lowest BCUT2D eigenvalue weighted by Gasteiger charge is -2.28. The molecule has 126 valence electrons. The van der Waals surface area contributed by atoms with Crippen LogP contribution in [0.4, 0.5) is 0 Å². The summed E-state index contributed by atoms with van der Waals surface area (Å²) >= 11 is 3.40. The number of rotatable bonds is 5. The number of carbonyl (C=O) groups excluding carboxylic acids is 1. The number of hydrogen-bond donors (Lipinski definition) is 1. The standard InChI is InChI=1S/C17H22BrNO4/c1-11(2)17(16(21)22)6-7-19(10-17)15(20)9-12-8-13(18)4-5-14(12)23-3/h4-5,8,11H,6-7,9-10H2,1-3H3,(H,21,22). The van der Waals surface area contributed by atoms with Gasteiger partial charge in [-0.3, -0.25) is 9.59 Å². The third-order valence-corrected chi connectivity index (χ3v) is 5.26. The zero-order valence-corrected chi connectivity index (χ0v) is 15.2. The summed E-state index contributed by atoms with van der Waals surface area (Å²) in [4.78, 5) is 25.9. The molecule has 1 unspecified atom stereocenters. The Morgan fingerprint density at radius 1 is 1.43 bits per heavy atom. The number of carbonyl (C=O) groups is 2. The largest absolute Gasteiger partial charge is 0.496 e. The predicted octanol–water partition coefficient (Wildman–Crippen LogP) is 2.96. The maximum atomic E-state index is 12.6. The Hall–Kier alpha value is -1.56. The molecule has 1 saturated heterocycles. The fourth-order valence-electron chi connectivity index (χ4n) is 3.10. The van der Waals surface area contributed by atoms with Gasteiger partial charge in [0.1, 0.15) is 5.75 Å². The molecule has 0 spiro atoms. The van der Waals surface area contributed by atoms with Crippen molar-refractivity contribution < 1.29 is 19.4 Å². The number of nitrogens with zero attached hydrogens (tertiary/aromatic N) is 1. The number of benzene rings is 1. The molecule has 23 heavy (non-hydrogen) atoms. The van der Waals surface area contributed by atoms with E-state index < -0.39 is 11.4 Å². The highest BCUT2D eigenvalue weighted by molar-refractivity contribution is 9.10. The second-order valence-corrected chi connectivity index (χ2v) is 7.23. The molecule has 5 nitrogen and oxygen atoms in total. The highest BCUT2D eigenvalue weighted by atomic mass is 79.9. The van der Waals surface area contributed by atoms with Crippen LogP contribution in [-0.2, 0) is 16.0 Å². The van der Waals surface area contributed by atoms with Gasteiger partial charge in [0.15, 0.2) is 0 Å². The minimum atomic E-state index is -0.836. The number of carboxylic acids is 1. The Bertz CT molecular complexity index is 617. The second-order valence-electron chi connectivity index (χ2n) is 6.31. The molecule has 1 amide bonds. The fraction of sp³-hybridized carbons (Fsp3) is 0.529. The van der Waals surface area contributed by atoms with Gasteiger partial charge in [0.2, 0.25) is 5.91 Å². The summed E-state index contributed by atoms with van der Waals surface area (Å²) < 4.78 is 6.17. The number of carboxylic acid groups (broad SMARTS) is 1. The van der Waals surface area contributed by atoms with Crippen LogP contribution in [0.15, 0.2) is 22.7 Å². The van der Waals surface area contributed by atoms with Gasteiger partial charge in [-0.2, -0.15) is 0 Å². The monoisotopic (exact) mass is 383 g/mol. The van der Waals surface area contributed by atoms with Gasteiger partial charge in [-0.05, 0) is 30.5 Å². The Morgan fingerprint density at radius 3 is 2.65 bits per heavy atom. The number of halogens is 1. The summed E-state index contributed by atoms with van der Waals surface area (Å²) in [6.45, 7) is 4.56. The van der Waals surface area contributed by atoms with E-state index in [0.29, 0.717) is 18.7 Å². The maximum absolute atomic E-state index is 12.6. The summed E-state index contributed by atoms with van der Waals surface area (Å²) in [7, 11) is 1.57. The Labute approximate surface area is 144 Å². The zero-order valence-electron chi connectivity index (χ0n) is 13.6. The summed E-state index contributed by atoms with van der Waals surface area (Å²) in [5.41, 5.74) is -0.0407. The lowest BCUT2D eigenvalue weighted by atomic mass is 9.76. The smallest absolute Gasteiger partial charge is 0.311 e. The average Bonchev–Trinajstić information content (AvgIpc) is 2.94. The van der Waals surface area contributed by atoms with Crippen LogP contribution in [0, 0.1) is 11.3 Å². The van der Waals surface area contributed by atoms with Gasteiger partial charge in [-0.1, -0.05) is 29.8 Å². The van der Waals surface area contributed by atoms with E-state index in [9.17, 15) is 14.7 Å². The van der Waals surface area contributed by atoms with E-state index in [1.807, 2.05) is 32.0 Å². The summed E-state index contributed by atoms with van der Waals surface area (Å²) in [6.07, 6.45) is 0.706. The minimum absolute atomic E-state index is 0.0156. The molecule has 1 atom stereocenters. The number of likely N-dealkylation sites (tertiary alicyclic amines) is 1. The van der Waals surface area contributed by atoms with Gasteiger partial charge >= 0.3 is 5.97 Å². The highest BCUT2D eigenvalue weighted by Gasteiger charge is 2.48. The molecule has 0 aliphatic carbocycles. The molecule has 0 aromatic heterocycles. The van der Waals surface area contributed by atoms with Gasteiger partial charge in [0.05, 0.1) is 18.9 Å². The zero-order chi connectivity index (χ0) is 17.2. The van der Waals surface area contributed by atoms with E-state index in [4.69, 9.17) is 4.74 Å². The van der Waals surface area contributed by atoms with Crippen molar-refractivity contribution in [2.45, 2.75) is 26.7 Å². The van der Waals surface area contributed by atoms with Crippen LogP contribution < -0.4 is 4.74 Å². The van der Waals surface area contributed by atoms with Crippen LogP contribution in [0.5, 0.6) is 5.75 Å². The average molecular weight is 384 g/mol. The lowest BCUT2D eigenvalue weighted by Crippen LogP contribution is -2.41. The molecule has 1 aromatic carbocycles. The van der Waals surface area contributed by atoms with E-state index in [1.165, 1.54) is 0 Å². The number of amides is 1. The molecular formula is C17H22BrNO4. The van der Waals surface area contributed by atoms with Crippen molar-refractivity contribution in [3.8, 4) is 5.75 Å². The first-order chi connectivity index (χ1) is 10.8. The molecule has 6 heteroatoms. The van der Waals surface area contributed by atoms with Crippen molar-refractivity contribution in [1.82, 2.24) is 4.90 Å². The van der Waals surface area contributed by atoms with Crippen molar-refractivity contribution in [2.24, 2.45) is 11.3 Å². The van der Waals surface area contributed by atoms with Crippen LogP contribution in [-0.4, -0.2) is 42.1 Å². The molecule has 0 radical (unpaired) electrons. The maximum Gasteiger partial charge on any atom is 0.311 e. The van der Waals surface area contributed by atoms with Gasteiger partial charge in [-0.25, -0.2) is 0 Å². The number of aliphatic carboxylic acids is 1. The lowest BCUT2D eigenvalue weighted by molar-refractivity contribution is -0.151. The SMILES string of the molecule is COc1ccc(Br)cc1CC(=O)N1CCC(C(=O)O)(C(C)C)C1. The Morgan fingerprint density at radius 2 is 2.13 bits per heavy atom. The Balaban J connectivity index is 2.14. The van der Waals surface area contributed by atoms with Gasteiger partial charge < -0.3 is 14.7 Å². The van der Waals surface area contributed by atoms with Crippen molar-refractivity contribution in [3.63, 3.8) is 0 Å². The van der Waals surface area contributed by atoms with Crippen molar-refractivity contribution in [3.05, 3.63) is 28.2 Å². The van der Waals surface area contributed by atoms with Crippen molar-refractivity contribution in [1.29, 1.82) is 0 Å². The van der Waals surface area contributed by atoms with Crippen LogP contribution >= 0.6 is 15.9 Å². The number of methoxy groups -OCH3 is 1. The van der Waals surface area contributed by atoms with E-state index in [-0.39, 0.29) is 24.8 Å². The fourth-order valence-corrected chi connectivity index (χ4v) is 3.51. The molecule has 1 N–H and O–H groups in total. The van der Waals surface area contributed by atoms with E-state index in [1.54, 1.807) is 12.0 Å². The number of hydrogen-bond acceptors (Lipinski definition) is 3. The van der Waals surface area contributed by atoms with Gasteiger partial charge in [0, 0.05) is 23.1 Å².